The molecule has 0 aromatic carbocycles. The maximum absolute atomic E-state index is 13.1. The second-order valence-electron chi connectivity index (χ2n) is 8.82. The largest absolute Gasteiger partial charge is 0.381 e. The van der Waals surface area contributed by atoms with Gasteiger partial charge >= 0.3 is 0 Å². The molecular formula is C22H29N3O4. The van der Waals surface area contributed by atoms with Gasteiger partial charge in [0.25, 0.3) is 11.8 Å². The Balaban J connectivity index is 1.24. The molecular weight excluding hydrogens is 370 g/mol. The Bertz CT molecular complexity index is 753. The maximum Gasteiger partial charge on any atom is 0.272 e. The molecule has 1 atom stereocenters. The lowest BCUT2D eigenvalue weighted by Crippen LogP contribution is -2.79. The molecule has 0 N–H and O–H groups in total. The van der Waals surface area contributed by atoms with E-state index >= 15 is 0 Å². The van der Waals surface area contributed by atoms with Gasteiger partial charge in [-0.2, -0.15) is 0 Å². The van der Waals surface area contributed by atoms with Gasteiger partial charge in [0.1, 0.15) is 5.69 Å². The molecule has 0 bridgehead atoms. The fourth-order valence-electron chi connectivity index (χ4n) is 5.13. The zero-order chi connectivity index (χ0) is 19.8. The number of pyridine rings is 1. The molecule has 1 aliphatic carbocycles. The van der Waals surface area contributed by atoms with Gasteiger partial charge in [0.15, 0.2) is 6.10 Å². The molecule has 7 nitrogen and oxygen atoms in total. The minimum atomic E-state index is -0.305. The number of hydrogen-bond acceptors (Lipinski definition) is 5. The molecule has 5 rings (SSSR count). The van der Waals surface area contributed by atoms with Crippen LogP contribution in [0.1, 0.15) is 49.0 Å². The molecule has 1 saturated carbocycles. The van der Waals surface area contributed by atoms with E-state index in [4.69, 9.17) is 9.47 Å². The summed E-state index contributed by atoms with van der Waals surface area (Å²) in [5.41, 5.74) is 0.280. The number of aromatic nitrogens is 1. The lowest BCUT2D eigenvalue weighted by molar-refractivity contribution is -0.219. The van der Waals surface area contributed by atoms with Crippen LogP contribution in [0.3, 0.4) is 0 Å². The number of nitrogens with zero attached hydrogens (tertiary/aromatic N) is 3. The van der Waals surface area contributed by atoms with Crippen LogP contribution in [0.5, 0.6) is 0 Å². The maximum atomic E-state index is 13.1. The van der Waals surface area contributed by atoms with E-state index in [-0.39, 0.29) is 29.5 Å². The van der Waals surface area contributed by atoms with Crippen molar-refractivity contribution in [2.45, 2.75) is 56.2 Å². The third-order valence-electron chi connectivity index (χ3n) is 6.98. The highest BCUT2D eigenvalue weighted by molar-refractivity contribution is 5.92. The summed E-state index contributed by atoms with van der Waals surface area (Å²) < 4.78 is 11.7. The number of ether oxygens (including phenoxy) is 2. The summed E-state index contributed by atoms with van der Waals surface area (Å²) in [6.45, 7) is 3.39. The molecule has 0 radical (unpaired) electrons. The summed E-state index contributed by atoms with van der Waals surface area (Å²) in [5.74, 6) is 0.766. The Kier molecular flexibility index (Phi) is 5.04. The van der Waals surface area contributed by atoms with Crippen molar-refractivity contribution >= 4 is 11.8 Å². The molecule has 1 unspecified atom stereocenters. The summed E-state index contributed by atoms with van der Waals surface area (Å²) in [7, 11) is 0. The molecule has 4 aliphatic rings. The first-order chi connectivity index (χ1) is 14.2. The van der Waals surface area contributed by atoms with Gasteiger partial charge in [-0.25, -0.2) is 0 Å². The van der Waals surface area contributed by atoms with Crippen LogP contribution >= 0.6 is 0 Å². The van der Waals surface area contributed by atoms with E-state index in [1.807, 2.05) is 17.0 Å². The minimum absolute atomic E-state index is 0.0228. The van der Waals surface area contributed by atoms with Gasteiger partial charge in [0.2, 0.25) is 0 Å². The van der Waals surface area contributed by atoms with E-state index in [0.29, 0.717) is 44.5 Å². The predicted molar refractivity (Wildman–Crippen MR) is 105 cm³/mol. The van der Waals surface area contributed by atoms with E-state index in [2.05, 4.69) is 9.88 Å². The van der Waals surface area contributed by atoms with Crippen LogP contribution in [0.25, 0.3) is 0 Å². The fourth-order valence-corrected chi connectivity index (χ4v) is 5.13. The first kappa shape index (κ1) is 19.0. The monoisotopic (exact) mass is 399 g/mol. The molecule has 1 aromatic heterocycles. The first-order valence-corrected chi connectivity index (χ1v) is 10.9. The van der Waals surface area contributed by atoms with E-state index in [1.54, 1.807) is 12.3 Å². The molecule has 156 valence electrons. The Labute approximate surface area is 171 Å². The number of hydrogen-bond donors (Lipinski definition) is 0. The van der Waals surface area contributed by atoms with Crippen LogP contribution < -0.4 is 0 Å². The van der Waals surface area contributed by atoms with Crippen LogP contribution in [0.2, 0.25) is 0 Å². The first-order valence-electron chi connectivity index (χ1n) is 10.9. The van der Waals surface area contributed by atoms with Gasteiger partial charge in [-0.1, -0.05) is 6.07 Å². The molecule has 3 aliphatic heterocycles. The molecule has 29 heavy (non-hydrogen) atoms. The van der Waals surface area contributed by atoms with Crippen molar-refractivity contribution in [2.24, 2.45) is 5.92 Å². The van der Waals surface area contributed by atoms with E-state index in [9.17, 15) is 9.59 Å². The molecule has 3 saturated heterocycles. The van der Waals surface area contributed by atoms with Crippen molar-refractivity contribution in [3.8, 4) is 0 Å². The number of piperidine rings is 1. The number of amides is 2. The number of rotatable bonds is 5. The van der Waals surface area contributed by atoms with Crippen molar-refractivity contribution in [3.63, 3.8) is 0 Å². The van der Waals surface area contributed by atoms with Crippen molar-refractivity contribution in [1.82, 2.24) is 14.8 Å². The Morgan fingerprint density at radius 3 is 2.59 bits per heavy atom. The van der Waals surface area contributed by atoms with Crippen LogP contribution in [-0.2, 0) is 14.3 Å². The normalized spacial score (nSPS) is 27.2. The SMILES string of the molecule is O=C(c1ccccn1)N1CCC(N2C(=O)C(OCC3CC3)C23CCOCC3)CC1. The van der Waals surface area contributed by atoms with Gasteiger partial charge in [-0.3, -0.25) is 14.6 Å². The zero-order valence-corrected chi connectivity index (χ0v) is 16.8. The second-order valence-corrected chi connectivity index (χ2v) is 8.82. The van der Waals surface area contributed by atoms with Crippen LogP contribution in [0.4, 0.5) is 0 Å². The highest BCUT2D eigenvalue weighted by atomic mass is 16.5. The number of carbonyl (C=O) groups is 2. The summed E-state index contributed by atoms with van der Waals surface area (Å²) >= 11 is 0. The van der Waals surface area contributed by atoms with E-state index in [1.165, 1.54) is 12.8 Å². The van der Waals surface area contributed by atoms with Crippen LogP contribution in [-0.4, -0.2) is 77.2 Å². The van der Waals surface area contributed by atoms with Crippen molar-refractivity contribution in [3.05, 3.63) is 30.1 Å². The third kappa shape index (κ3) is 3.44. The number of likely N-dealkylation sites (tertiary alicyclic amines) is 2. The average molecular weight is 399 g/mol. The topological polar surface area (TPSA) is 72.0 Å². The molecule has 4 fully saturated rings. The van der Waals surface area contributed by atoms with E-state index in [0.717, 1.165) is 25.7 Å². The van der Waals surface area contributed by atoms with Gasteiger partial charge in [0, 0.05) is 38.5 Å². The Hall–Kier alpha value is -1.99. The summed E-state index contributed by atoms with van der Waals surface area (Å²) in [6.07, 6.45) is 7.11. The van der Waals surface area contributed by atoms with Gasteiger partial charge in [-0.05, 0) is 56.6 Å². The summed E-state index contributed by atoms with van der Waals surface area (Å²) in [5, 5.41) is 0. The predicted octanol–water partition coefficient (Wildman–Crippen LogP) is 1.87. The van der Waals surface area contributed by atoms with Crippen molar-refractivity contribution in [2.75, 3.05) is 32.9 Å². The molecule has 7 heteroatoms. The number of β-lactam (4-membered cyclic amide) rings is 1. The van der Waals surface area contributed by atoms with Crippen LogP contribution in [0.15, 0.2) is 24.4 Å². The molecule has 1 aromatic rings. The average Bonchev–Trinajstić information content (AvgIpc) is 3.60. The Morgan fingerprint density at radius 2 is 1.93 bits per heavy atom. The van der Waals surface area contributed by atoms with Crippen molar-refractivity contribution in [1.29, 1.82) is 0 Å². The third-order valence-corrected chi connectivity index (χ3v) is 6.98. The lowest BCUT2D eigenvalue weighted by atomic mass is 9.72. The molecule has 4 heterocycles. The summed E-state index contributed by atoms with van der Waals surface area (Å²) in [4.78, 5) is 33.9. The standard InChI is InChI=1S/C22H29N3O4/c26-20(18-3-1-2-10-23-18)24-11-6-17(7-12-24)25-21(27)19(29-15-16-4-5-16)22(25)8-13-28-14-9-22/h1-3,10,16-17,19H,4-9,11-15H2. The smallest absolute Gasteiger partial charge is 0.272 e. The van der Waals surface area contributed by atoms with E-state index < -0.39 is 0 Å². The minimum Gasteiger partial charge on any atom is -0.381 e. The van der Waals surface area contributed by atoms with Gasteiger partial charge in [-0.15, -0.1) is 0 Å². The van der Waals surface area contributed by atoms with Crippen molar-refractivity contribution < 1.29 is 19.1 Å². The van der Waals surface area contributed by atoms with Crippen LogP contribution in [0, 0.1) is 5.92 Å². The molecule has 2 amide bonds. The molecule has 1 spiro atoms. The second kappa shape index (κ2) is 7.69. The highest BCUT2D eigenvalue weighted by Gasteiger charge is 2.63. The van der Waals surface area contributed by atoms with Gasteiger partial charge in [0.05, 0.1) is 12.1 Å². The zero-order valence-electron chi connectivity index (χ0n) is 16.8. The summed E-state index contributed by atoms with van der Waals surface area (Å²) in [6, 6.07) is 5.58. The Morgan fingerprint density at radius 1 is 1.17 bits per heavy atom. The highest BCUT2D eigenvalue weighted by Crippen LogP contribution is 2.46. The quantitative estimate of drug-likeness (QED) is 0.707. The fraction of sp³-hybridized carbons (Fsp3) is 0.682. The van der Waals surface area contributed by atoms with Gasteiger partial charge < -0.3 is 19.3 Å². The lowest BCUT2D eigenvalue weighted by Gasteiger charge is -2.62. The number of carbonyl (C=O) groups excluding carboxylic acids is 2.